The second kappa shape index (κ2) is 6.21. The van der Waals surface area contributed by atoms with E-state index in [0.29, 0.717) is 0 Å². The Balaban J connectivity index is 1.93. The number of aryl methyl sites for hydroxylation is 1. The summed E-state index contributed by atoms with van der Waals surface area (Å²) in [5.41, 5.74) is 7.48. The molecule has 1 unspecified atom stereocenters. The topological polar surface area (TPSA) is 26.0 Å². The summed E-state index contributed by atoms with van der Waals surface area (Å²) in [7, 11) is 0. The lowest BCUT2D eigenvalue weighted by molar-refractivity contribution is 0.395. The van der Waals surface area contributed by atoms with Gasteiger partial charge < -0.3 is 5.73 Å². The van der Waals surface area contributed by atoms with Crippen LogP contribution >= 0.6 is 22.9 Å². The fourth-order valence-corrected chi connectivity index (χ4v) is 3.97. The Kier molecular flexibility index (Phi) is 4.89. The molecule has 1 heterocycles. The molecule has 0 aromatic carbocycles. The van der Waals surface area contributed by atoms with Crippen LogP contribution in [0.1, 0.15) is 61.4 Å². The summed E-state index contributed by atoms with van der Waals surface area (Å²) in [6.45, 7) is 2.06. The molecule has 2 rings (SSSR count). The number of hydrogen-bond acceptors (Lipinski definition) is 2. The third-order valence-electron chi connectivity index (χ3n) is 3.80. The molecule has 2 N–H and O–H groups in total. The molecule has 0 radical (unpaired) electrons. The standard InChI is InChI=1S/C14H22ClNS/c1-10-8-13(17-14(10)15)12(16)9-11-6-4-2-3-5-7-11/h8,11-12H,2-7,9,16H2,1H3. The highest BCUT2D eigenvalue weighted by molar-refractivity contribution is 7.16. The highest BCUT2D eigenvalue weighted by Gasteiger charge is 2.18. The Hall–Kier alpha value is -0.0500. The Bertz CT molecular complexity index is 334. The Morgan fingerprint density at radius 3 is 2.53 bits per heavy atom. The smallest absolute Gasteiger partial charge is 0.0960 e. The van der Waals surface area contributed by atoms with Gasteiger partial charge in [0, 0.05) is 10.9 Å². The molecule has 1 atom stereocenters. The Morgan fingerprint density at radius 2 is 2.00 bits per heavy atom. The first-order valence-electron chi connectivity index (χ1n) is 6.68. The van der Waals surface area contributed by atoms with Gasteiger partial charge in [-0.3, -0.25) is 0 Å². The number of nitrogens with two attached hydrogens (primary N) is 1. The van der Waals surface area contributed by atoms with Gasteiger partial charge >= 0.3 is 0 Å². The van der Waals surface area contributed by atoms with E-state index >= 15 is 0 Å². The monoisotopic (exact) mass is 271 g/mol. The van der Waals surface area contributed by atoms with Crippen molar-refractivity contribution in [3.05, 3.63) is 20.8 Å². The van der Waals surface area contributed by atoms with Gasteiger partial charge in [-0.2, -0.15) is 0 Å². The van der Waals surface area contributed by atoms with Crippen LogP contribution in [0.15, 0.2) is 6.07 Å². The lowest BCUT2D eigenvalue weighted by atomic mass is 9.92. The van der Waals surface area contributed by atoms with E-state index in [1.807, 2.05) is 0 Å². The van der Waals surface area contributed by atoms with Crippen LogP contribution in [-0.4, -0.2) is 0 Å². The van der Waals surface area contributed by atoms with Crippen molar-refractivity contribution in [2.24, 2.45) is 11.7 Å². The zero-order valence-corrected chi connectivity index (χ0v) is 12.1. The first kappa shape index (κ1) is 13.4. The van der Waals surface area contributed by atoms with Crippen LogP contribution in [0, 0.1) is 12.8 Å². The summed E-state index contributed by atoms with van der Waals surface area (Å²) in [5, 5.41) is 0. The van der Waals surface area contributed by atoms with Gasteiger partial charge in [-0.1, -0.05) is 50.1 Å². The van der Waals surface area contributed by atoms with E-state index in [9.17, 15) is 0 Å². The van der Waals surface area contributed by atoms with Crippen molar-refractivity contribution in [1.29, 1.82) is 0 Å². The quantitative estimate of drug-likeness (QED) is 0.763. The average molecular weight is 272 g/mol. The average Bonchev–Trinajstić information content (AvgIpc) is 2.54. The van der Waals surface area contributed by atoms with Crippen molar-refractivity contribution >= 4 is 22.9 Å². The van der Waals surface area contributed by atoms with E-state index in [0.717, 1.165) is 16.7 Å². The van der Waals surface area contributed by atoms with E-state index in [1.165, 1.54) is 49.0 Å². The molecule has 3 heteroatoms. The van der Waals surface area contributed by atoms with Gasteiger partial charge in [0.2, 0.25) is 0 Å². The molecule has 0 aliphatic heterocycles. The highest BCUT2D eigenvalue weighted by atomic mass is 35.5. The molecule has 0 spiro atoms. The lowest BCUT2D eigenvalue weighted by Gasteiger charge is -2.18. The van der Waals surface area contributed by atoms with Crippen molar-refractivity contribution in [3.8, 4) is 0 Å². The minimum atomic E-state index is 0.189. The molecule has 1 fully saturated rings. The lowest BCUT2D eigenvalue weighted by Crippen LogP contribution is -2.14. The summed E-state index contributed by atoms with van der Waals surface area (Å²) in [6, 6.07) is 2.35. The molecule has 0 saturated heterocycles. The fourth-order valence-electron chi connectivity index (χ4n) is 2.74. The second-order valence-electron chi connectivity index (χ2n) is 5.31. The number of rotatable bonds is 3. The predicted molar refractivity (Wildman–Crippen MR) is 76.8 cm³/mol. The summed E-state index contributed by atoms with van der Waals surface area (Å²) < 4.78 is 0.899. The van der Waals surface area contributed by atoms with Gasteiger partial charge in [-0.05, 0) is 30.9 Å². The molecular formula is C14H22ClNS. The molecular weight excluding hydrogens is 250 g/mol. The zero-order chi connectivity index (χ0) is 12.3. The van der Waals surface area contributed by atoms with Crippen molar-refractivity contribution in [2.45, 2.75) is 57.9 Å². The van der Waals surface area contributed by atoms with Crippen LogP contribution < -0.4 is 5.73 Å². The third-order valence-corrected chi connectivity index (χ3v) is 5.49. The molecule has 1 aromatic heterocycles. The minimum absolute atomic E-state index is 0.189. The molecule has 1 aromatic rings. The predicted octanol–water partition coefficient (Wildman–Crippen LogP) is 5.07. The van der Waals surface area contributed by atoms with Gasteiger partial charge in [0.25, 0.3) is 0 Å². The molecule has 0 amide bonds. The van der Waals surface area contributed by atoms with E-state index in [2.05, 4.69) is 13.0 Å². The molecule has 96 valence electrons. The summed E-state index contributed by atoms with van der Waals surface area (Å²) in [6.07, 6.45) is 9.47. The molecule has 0 bridgehead atoms. The van der Waals surface area contributed by atoms with E-state index in [4.69, 9.17) is 17.3 Å². The van der Waals surface area contributed by atoms with Gasteiger partial charge in [-0.25, -0.2) is 0 Å². The van der Waals surface area contributed by atoms with Crippen LogP contribution in [0.2, 0.25) is 4.34 Å². The van der Waals surface area contributed by atoms with Crippen molar-refractivity contribution < 1.29 is 0 Å². The Labute approximate surface area is 113 Å². The van der Waals surface area contributed by atoms with Gasteiger partial charge in [0.05, 0.1) is 4.34 Å². The number of hydrogen-bond donors (Lipinski definition) is 1. The van der Waals surface area contributed by atoms with E-state index in [-0.39, 0.29) is 6.04 Å². The zero-order valence-electron chi connectivity index (χ0n) is 10.5. The maximum atomic E-state index is 6.31. The van der Waals surface area contributed by atoms with Crippen LogP contribution in [0.25, 0.3) is 0 Å². The Morgan fingerprint density at radius 1 is 1.35 bits per heavy atom. The van der Waals surface area contributed by atoms with Crippen LogP contribution in [0.4, 0.5) is 0 Å². The number of halogens is 1. The first-order chi connectivity index (χ1) is 8.16. The largest absolute Gasteiger partial charge is 0.323 e. The second-order valence-corrected chi connectivity index (χ2v) is 6.99. The molecule has 1 nitrogen and oxygen atoms in total. The molecule has 1 aliphatic rings. The van der Waals surface area contributed by atoms with Crippen LogP contribution in [0.3, 0.4) is 0 Å². The third kappa shape index (κ3) is 3.70. The maximum Gasteiger partial charge on any atom is 0.0960 e. The first-order valence-corrected chi connectivity index (χ1v) is 7.87. The fraction of sp³-hybridized carbons (Fsp3) is 0.714. The normalized spacial score (nSPS) is 20.2. The summed E-state index contributed by atoms with van der Waals surface area (Å²) in [5.74, 6) is 0.827. The van der Waals surface area contributed by atoms with Crippen LogP contribution in [-0.2, 0) is 0 Å². The maximum absolute atomic E-state index is 6.31. The molecule has 1 aliphatic carbocycles. The summed E-state index contributed by atoms with van der Waals surface area (Å²) in [4.78, 5) is 1.26. The van der Waals surface area contributed by atoms with Crippen LogP contribution in [0.5, 0.6) is 0 Å². The molecule has 17 heavy (non-hydrogen) atoms. The van der Waals surface area contributed by atoms with Gasteiger partial charge in [0.15, 0.2) is 0 Å². The summed E-state index contributed by atoms with van der Waals surface area (Å²) >= 11 is 7.76. The molecule has 1 saturated carbocycles. The van der Waals surface area contributed by atoms with Gasteiger partial charge in [0.1, 0.15) is 0 Å². The van der Waals surface area contributed by atoms with Crippen molar-refractivity contribution in [3.63, 3.8) is 0 Å². The number of thiophene rings is 1. The van der Waals surface area contributed by atoms with E-state index in [1.54, 1.807) is 11.3 Å². The van der Waals surface area contributed by atoms with E-state index < -0.39 is 0 Å². The highest BCUT2D eigenvalue weighted by Crippen LogP contribution is 2.35. The van der Waals surface area contributed by atoms with Gasteiger partial charge in [-0.15, -0.1) is 11.3 Å². The van der Waals surface area contributed by atoms with Crippen molar-refractivity contribution in [1.82, 2.24) is 0 Å². The van der Waals surface area contributed by atoms with Crippen molar-refractivity contribution in [2.75, 3.05) is 0 Å². The SMILES string of the molecule is Cc1cc(C(N)CC2CCCCCC2)sc1Cl. The minimum Gasteiger partial charge on any atom is -0.323 e.